The third kappa shape index (κ3) is 2.85. The van der Waals surface area contributed by atoms with Crippen LogP contribution < -0.4 is 0 Å². The highest BCUT2D eigenvalue weighted by Crippen LogP contribution is 2.25. The number of rotatable bonds is 4. The van der Waals surface area contributed by atoms with Crippen LogP contribution in [-0.2, 0) is 4.74 Å². The molecule has 0 bridgehead atoms. The van der Waals surface area contributed by atoms with E-state index >= 15 is 0 Å². The maximum Gasteiger partial charge on any atom is 0.358 e. The summed E-state index contributed by atoms with van der Waals surface area (Å²) in [6, 6.07) is 14.2. The van der Waals surface area contributed by atoms with Gasteiger partial charge in [0.15, 0.2) is 11.5 Å². The lowest BCUT2D eigenvalue weighted by Crippen LogP contribution is -2.06. The SMILES string of the molecule is CCOC(=O)c1cc(-c2ccco2)n(-c2cccc(C#N)c2)n1. The van der Waals surface area contributed by atoms with Crippen molar-refractivity contribution in [1.82, 2.24) is 9.78 Å². The Morgan fingerprint density at radius 1 is 1.35 bits per heavy atom. The van der Waals surface area contributed by atoms with Crippen LogP contribution in [0.3, 0.4) is 0 Å². The van der Waals surface area contributed by atoms with Crippen LogP contribution in [0.15, 0.2) is 53.1 Å². The zero-order valence-corrected chi connectivity index (χ0v) is 12.4. The highest BCUT2D eigenvalue weighted by molar-refractivity contribution is 5.88. The van der Waals surface area contributed by atoms with Crippen LogP contribution >= 0.6 is 0 Å². The Balaban J connectivity index is 2.14. The number of carbonyl (C=O) groups is 1. The maximum absolute atomic E-state index is 12.0. The van der Waals surface area contributed by atoms with Gasteiger partial charge in [-0.25, -0.2) is 9.48 Å². The molecule has 1 aromatic carbocycles. The normalized spacial score (nSPS) is 10.3. The molecule has 0 atom stereocenters. The Morgan fingerprint density at radius 2 is 2.22 bits per heavy atom. The Kier molecular flexibility index (Phi) is 3.93. The molecule has 0 aliphatic carbocycles. The highest BCUT2D eigenvalue weighted by atomic mass is 16.5. The Bertz CT molecular complexity index is 873. The van der Waals surface area contributed by atoms with E-state index in [0.29, 0.717) is 22.7 Å². The van der Waals surface area contributed by atoms with E-state index in [2.05, 4.69) is 11.2 Å². The van der Waals surface area contributed by atoms with Crippen molar-refractivity contribution in [3.63, 3.8) is 0 Å². The average Bonchev–Trinajstić information content (AvgIpc) is 3.24. The van der Waals surface area contributed by atoms with Crippen molar-refractivity contribution in [2.75, 3.05) is 6.61 Å². The average molecular weight is 307 g/mol. The van der Waals surface area contributed by atoms with Crippen molar-refractivity contribution < 1.29 is 13.9 Å². The number of hydrogen-bond donors (Lipinski definition) is 0. The van der Waals surface area contributed by atoms with Crippen molar-refractivity contribution in [3.8, 4) is 23.2 Å². The van der Waals surface area contributed by atoms with Gasteiger partial charge in [-0.3, -0.25) is 0 Å². The number of aromatic nitrogens is 2. The van der Waals surface area contributed by atoms with Crippen molar-refractivity contribution >= 4 is 5.97 Å². The minimum Gasteiger partial charge on any atom is -0.463 e. The third-order valence-electron chi connectivity index (χ3n) is 3.19. The summed E-state index contributed by atoms with van der Waals surface area (Å²) in [6.45, 7) is 2.00. The van der Waals surface area contributed by atoms with Crippen LogP contribution in [0.5, 0.6) is 0 Å². The molecule has 23 heavy (non-hydrogen) atoms. The van der Waals surface area contributed by atoms with E-state index in [1.54, 1.807) is 60.3 Å². The Labute approximate surface area is 132 Å². The molecule has 2 aromatic heterocycles. The second-order valence-electron chi connectivity index (χ2n) is 4.69. The van der Waals surface area contributed by atoms with Gasteiger partial charge in [0.25, 0.3) is 0 Å². The van der Waals surface area contributed by atoms with Gasteiger partial charge >= 0.3 is 5.97 Å². The zero-order valence-electron chi connectivity index (χ0n) is 12.4. The van der Waals surface area contributed by atoms with E-state index < -0.39 is 5.97 Å². The molecule has 0 aliphatic heterocycles. The second-order valence-corrected chi connectivity index (χ2v) is 4.69. The number of nitrogens with zero attached hydrogens (tertiary/aromatic N) is 3. The van der Waals surface area contributed by atoms with Gasteiger partial charge in [-0.15, -0.1) is 0 Å². The standard InChI is InChI=1S/C17H13N3O3/c1-2-22-17(21)14-10-15(16-7-4-8-23-16)20(19-14)13-6-3-5-12(9-13)11-18/h3-10H,2H2,1H3. The number of furan rings is 1. The van der Waals surface area contributed by atoms with Crippen LogP contribution in [0.2, 0.25) is 0 Å². The molecule has 0 spiro atoms. The molecule has 0 aliphatic rings. The number of ether oxygens (including phenoxy) is 1. The van der Waals surface area contributed by atoms with Crippen LogP contribution in [0.4, 0.5) is 0 Å². The topological polar surface area (TPSA) is 81.0 Å². The molecular formula is C17H13N3O3. The smallest absolute Gasteiger partial charge is 0.358 e. The summed E-state index contributed by atoms with van der Waals surface area (Å²) < 4.78 is 12.0. The van der Waals surface area contributed by atoms with E-state index in [4.69, 9.17) is 14.4 Å². The molecular weight excluding hydrogens is 294 g/mol. The van der Waals surface area contributed by atoms with Crippen LogP contribution in [0.25, 0.3) is 17.1 Å². The van der Waals surface area contributed by atoms with Gasteiger partial charge in [-0.1, -0.05) is 6.07 Å². The van der Waals surface area contributed by atoms with Gasteiger partial charge < -0.3 is 9.15 Å². The summed E-state index contributed by atoms with van der Waals surface area (Å²) in [5, 5.41) is 13.4. The van der Waals surface area contributed by atoms with Gasteiger partial charge in [-0.2, -0.15) is 10.4 Å². The molecule has 6 nitrogen and oxygen atoms in total. The van der Waals surface area contributed by atoms with E-state index in [9.17, 15) is 4.79 Å². The van der Waals surface area contributed by atoms with Crippen molar-refractivity contribution in [3.05, 3.63) is 60.0 Å². The molecule has 3 rings (SSSR count). The Morgan fingerprint density at radius 3 is 2.91 bits per heavy atom. The second kappa shape index (κ2) is 6.20. The van der Waals surface area contributed by atoms with Gasteiger partial charge in [-0.05, 0) is 37.3 Å². The van der Waals surface area contributed by atoms with E-state index in [0.717, 1.165) is 0 Å². The largest absolute Gasteiger partial charge is 0.463 e. The molecule has 0 amide bonds. The summed E-state index contributed by atoms with van der Waals surface area (Å²) in [5.41, 5.74) is 1.95. The summed E-state index contributed by atoms with van der Waals surface area (Å²) in [7, 11) is 0. The highest BCUT2D eigenvalue weighted by Gasteiger charge is 2.19. The first kappa shape index (κ1) is 14.6. The molecule has 114 valence electrons. The first-order chi connectivity index (χ1) is 11.2. The molecule has 0 radical (unpaired) electrons. The molecule has 0 saturated carbocycles. The summed E-state index contributed by atoms with van der Waals surface area (Å²) in [5.74, 6) is 0.0610. The van der Waals surface area contributed by atoms with Gasteiger partial charge in [0.05, 0.1) is 30.2 Å². The predicted molar refractivity (Wildman–Crippen MR) is 81.9 cm³/mol. The fourth-order valence-electron chi connectivity index (χ4n) is 2.19. The summed E-state index contributed by atoms with van der Waals surface area (Å²) >= 11 is 0. The van der Waals surface area contributed by atoms with Gasteiger partial charge in [0, 0.05) is 6.07 Å². The number of nitriles is 1. The number of hydrogen-bond acceptors (Lipinski definition) is 5. The lowest BCUT2D eigenvalue weighted by Gasteiger charge is -2.05. The van der Waals surface area contributed by atoms with E-state index in [-0.39, 0.29) is 12.3 Å². The van der Waals surface area contributed by atoms with Crippen molar-refractivity contribution in [1.29, 1.82) is 5.26 Å². The fourth-order valence-corrected chi connectivity index (χ4v) is 2.19. The maximum atomic E-state index is 12.0. The molecule has 0 fully saturated rings. The first-order valence-corrected chi connectivity index (χ1v) is 7.04. The van der Waals surface area contributed by atoms with Crippen molar-refractivity contribution in [2.24, 2.45) is 0 Å². The lowest BCUT2D eigenvalue weighted by atomic mass is 10.2. The van der Waals surface area contributed by atoms with E-state index in [1.165, 1.54) is 0 Å². The molecule has 3 aromatic rings. The lowest BCUT2D eigenvalue weighted by molar-refractivity contribution is 0.0519. The van der Waals surface area contributed by atoms with Gasteiger partial charge in [0.1, 0.15) is 5.69 Å². The molecule has 6 heteroatoms. The summed E-state index contributed by atoms with van der Waals surface area (Å²) in [4.78, 5) is 12.0. The number of carbonyl (C=O) groups excluding carboxylic acids is 1. The first-order valence-electron chi connectivity index (χ1n) is 7.04. The monoisotopic (exact) mass is 307 g/mol. The Hall–Kier alpha value is -3.33. The van der Waals surface area contributed by atoms with Crippen molar-refractivity contribution in [2.45, 2.75) is 6.92 Å². The molecule has 0 unspecified atom stereocenters. The molecule has 0 saturated heterocycles. The number of esters is 1. The predicted octanol–water partition coefficient (Wildman–Crippen LogP) is 3.18. The van der Waals surface area contributed by atoms with E-state index in [1.807, 2.05) is 0 Å². The summed E-state index contributed by atoms with van der Waals surface area (Å²) in [6.07, 6.45) is 1.54. The van der Waals surface area contributed by atoms with Crippen LogP contribution in [0.1, 0.15) is 23.0 Å². The minimum absolute atomic E-state index is 0.181. The molecule has 0 N–H and O–H groups in total. The third-order valence-corrected chi connectivity index (χ3v) is 3.19. The van der Waals surface area contributed by atoms with Crippen LogP contribution in [-0.4, -0.2) is 22.4 Å². The quantitative estimate of drug-likeness (QED) is 0.691. The minimum atomic E-state index is -0.504. The van der Waals surface area contributed by atoms with Gasteiger partial charge in [0.2, 0.25) is 0 Å². The fraction of sp³-hybridized carbons (Fsp3) is 0.118. The number of benzene rings is 1. The molecule has 2 heterocycles. The zero-order chi connectivity index (χ0) is 16.2. The van der Waals surface area contributed by atoms with Crippen LogP contribution in [0, 0.1) is 11.3 Å².